The first-order valence-corrected chi connectivity index (χ1v) is 7.89. The Morgan fingerprint density at radius 2 is 1.91 bits per heavy atom. The summed E-state index contributed by atoms with van der Waals surface area (Å²) in [6, 6.07) is 13.2. The lowest BCUT2D eigenvalue weighted by molar-refractivity contribution is -0.118. The molecule has 118 valence electrons. The molecule has 3 rings (SSSR count). The average Bonchev–Trinajstić information content (AvgIpc) is 2.95. The third-order valence-electron chi connectivity index (χ3n) is 3.23. The molecular formula is C17H16N2O3S. The number of nitrogens with one attached hydrogen (secondary N) is 1. The molecule has 1 heterocycles. The van der Waals surface area contributed by atoms with Gasteiger partial charge in [-0.1, -0.05) is 29.0 Å². The van der Waals surface area contributed by atoms with Crippen molar-refractivity contribution in [2.75, 3.05) is 19.0 Å². The SMILES string of the molecule is COc1ccc2nc(NC(=O)COc3ccc(C)cc3)sc2c1. The number of fused-ring (bicyclic) bond motifs is 1. The largest absolute Gasteiger partial charge is 0.497 e. The fourth-order valence-electron chi connectivity index (χ4n) is 2.02. The van der Waals surface area contributed by atoms with Crippen molar-refractivity contribution in [2.24, 2.45) is 0 Å². The minimum atomic E-state index is -0.239. The van der Waals surface area contributed by atoms with E-state index in [2.05, 4.69) is 10.3 Å². The maximum Gasteiger partial charge on any atom is 0.264 e. The number of hydrogen-bond acceptors (Lipinski definition) is 5. The second kappa shape index (κ2) is 6.66. The van der Waals surface area contributed by atoms with E-state index in [1.807, 2.05) is 49.4 Å². The van der Waals surface area contributed by atoms with Crippen LogP contribution in [0.25, 0.3) is 10.2 Å². The van der Waals surface area contributed by atoms with Crippen molar-refractivity contribution in [1.29, 1.82) is 0 Å². The highest BCUT2D eigenvalue weighted by atomic mass is 32.1. The monoisotopic (exact) mass is 328 g/mol. The number of nitrogens with zero attached hydrogens (tertiary/aromatic N) is 1. The Balaban J connectivity index is 1.62. The third kappa shape index (κ3) is 3.78. The van der Waals surface area contributed by atoms with E-state index < -0.39 is 0 Å². The number of rotatable bonds is 5. The highest BCUT2D eigenvalue weighted by Gasteiger charge is 2.09. The summed E-state index contributed by atoms with van der Waals surface area (Å²) in [7, 11) is 1.62. The Labute approximate surface area is 137 Å². The Morgan fingerprint density at radius 3 is 2.65 bits per heavy atom. The minimum Gasteiger partial charge on any atom is -0.497 e. The van der Waals surface area contributed by atoms with E-state index in [1.165, 1.54) is 11.3 Å². The van der Waals surface area contributed by atoms with Crippen LogP contribution in [0.4, 0.5) is 5.13 Å². The number of thiazole rings is 1. The van der Waals surface area contributed by atoms with Crippen molar-refractivity contribution in [3.63, 3.8) is 0 Å². The maximum absolute atomic E-state index is 12.0. The van der Waals surface area contributed by atoms with Crippen LogP contribution in [-0.2, 0) is 4.79 Å². The van der Waals surface area contributed by atoms with Crippen LogP contribution >= 0.6 is 11.3 Å². The van der Waals surface area contributed by atoms with Crippen LogP contribution < -0.4 is 14.8 Å². The Kier molecular flexibility index (Phi) is 4.43. The number of aromatic nitrogens is 1. The summed E-state index contributed by atoms with van der Waals surface area (Å²) in [6.07, 6.45) is 0. The average molecular weight is 328 g/mol. The van der Waals surface area contributed by atoms with E-state index in [0.717, 1.165) is 21.5 Å². The smallest absolute Gasteiger partial charge is 0.264 e. The van der Waals surface area contributed by atoms with E-state index in [9.17, 15) is 4.79 Å². The van der Waals surface area contributed by atoms with Gasteiger partial charge in [0, 0.05) is 0 Å². The van der Waals surface area contributed by atoms with Crippen LogP contribution in [0.15, 0.2) is 42.5 Å². The van der Waals surface area contributed by atoms with Crippen LogP contribution in [0, 0.1) is 6.92 Å². The van der Waals surface area contributed by atoms with Crippen LogP contribution in [-0.4, -0.2) is 24.6 Å². The number of ether oxygens (including phenoxy) is 2. The highest BCUT2D eigenvalue weighted by molar-refractivity contribution is 7.22. The first-order chi connectivity index (χ1) is 11.1. The van der Waals surface area contributed by atoms with E-state index in [4.69, 9.17) is 9.47 Å². The molecule has 1 N–H and O–H groups in total. The van der Waals surface area contributed by atoms with E-state index in [1.54, 1.807) is 7.11 Å². The molecule has 0 aliphatic rings. The molecule has 0 radical (unpaired) electrons. The Morgan fingerprint density at radius 1 is 1.17 bits per heavy atom. The quantitative estimate of drug-likeness (QED) is 0.777. The molecular weight excluding hydrogens is 312 g/mol. The summed E-state index contributed by atoms with van der Waals surface area (Å²) >= 11 is 1.40. The summed E-state index contributed by atoms with van der Waals surface area (Å²) in [4.78, 5) is 16.3. The summed E-state index contributed by atoms with van der Waals surface area (Å²) in [5, 5.41) is 3.30. The molecule has 0 saturated carbocycles. The molecule has 1 amide bonds. The number of amides is 1. The fourth-order valence-corrected chi connectivity index (χ4v) is 2.93. The number of benzene rings is 2. The molecule has 0 atom stereocenters. The van der Waals surface area contributed by atoms with Crippen LogP contribution in [0.3, 0.4) is 0 Å². The molecule has 0 unspecified atom stereocenters. The zero-order chi connectivity index (χ0) is 16.2. The van der Waals surface area contributed by atoms with Crippen molar-refractivity contribution in [3.05, 3.63) is 48.0 Å². The number of carbonyl (C=O) groups excluding carboxylic acids is 1. The molecule has 2 aromatic carbocycles. The Hall–Kier alpha value is -2.60. The zero-order valence-corrected chi connectivity index (χ0v) is 13.6. The lowest BCUT2D eigenvalue weighted by Gasteiger charge is -2.05. The predicted octanol–water partition coefficient (Wildman–Crippen LogP) is 3.63. The van der Waals surface area contributed by atoms with E-state index in [-0.39, 0.29) is 12.5 Å². The standard InChI is InChI=1S/C17H16N2O3S/c1-11-3-5-12(6-4-11)22-10-16(20)19-17-18-14-8-7-13(21-2)9-15(14)23-17/h3-9H,10H2,1-2H3,(H,18,19,20). The van der Waals surface area contributed by atoms with Crippen molar-refractivity contribution >= 4 is 32.6 Å². The van der Waals surface area contributed by atoms with E-state index >= 15 is 0 Å². The van der Waals surface area contributed by atoms with Gasteiger partial charge in [-0.3, -0.25) is 10.1 Å². The minimum absolute atomic E-state index is 0.0533. The topological polar surface area (TPSA) is 60.5 Å². The molecule has 23 heavy (non-hydrogen) atoms. The molecule has 1 aromatic heterocycles. The molecule has 0 aliphatic carbocycles. The van der Waals surface area contributed by atoms with Gasteiger partial charge in [-0.2, -0.15) is 0 Å². The van der Waals surface area contributed by atoms with Crippen LogP contribution in [0.1, 0.15) is 5.56 Å². The van der Waals surface area contributed by atoms with Gasteiger partial charge < -0.3 is 9.47 Å². The molecule has 0 bridgehead atoms. The van der Waals surface area contributed by atoms with Gasteiger partial charge in [0.15, 0.2) is 11.7 Å². The summed E-state index contributed by atoms with van der Waals surface area (Å²) in [5.41, 5.74) is 1.97. The van der Waals surface area contributed by atoms with Crippen molar-refractivity contribution in [1.82, 2.24) is 4.98 Å². The number of anilines is 1. The number of methoxy groups -OCH3 is 1. The second-order valence-electron chi connectivity index (χ2n) is 5.00. The molecule has 5 nitrogen and oxygen atoms in total. The predicted molar refractivity (Wildman–Crippen MR) is 91.5 cm³/mol. The second-order valence-corrected chi connectivity index (χ2v) is 6.03. The molecule has 0 saturated heterocycles. The summed E-state index contributed by atoms with van der Waals surface area (Å²) < 4.78 is 11.6. The van der Waals surface area contributed by atoms with Gasteiger partial charge in [0.2, 0.25) is 0 Å². The van der Waals surface area contributed by atoms with Gasteiger partial charge >= 0.3 is 0 Å². The molecule has 0 aliphatic heterocycles. The zero-order valence-electron chi connectivity index (χ0n) is 12.8. The summed E-state index contributed by atoms with van der Waals surface area (Å²) in [6.45, 7) is 1.95. The Bertz CT molecular complexity index is 827. The van der Waals surface area contributed by atoms with Gasteiger partial charge in [0.25, 0.3) is 5.91 Å². The molecule has 3 aromatic rings. The van der Waals surface area contributed by atoms with E-state index in [0.29, 0.717) is 10.9 Å². The third-order valence-corrected chi connectivity index (χ3v) is 4.17. The van der Waals surface area contributed by atoms with Crippen molar-refractivity contribution in [2.45, 2.75) is 6.92 Å². The van der Waals surface area contributed by atoms with Crippen LogP contribution in [0.5, 0.6) is 11.5 Å². The molecule has 6 heteroatoms. The number of hydrogen-bond donors (Lipinski definition) is 1. The van der Waals surface area contributed by atoms with Gasteiger partial charge in [0.1, 0.15) is 11.5 Å². The number of aryl methyl sites for hydroxylation is 1. The molecule has 0 spiro atoms. The van der Waals surface area contributed by atoms with Gasteiger partial charge in [-0.05, 0) is 37.3 Å². The number of carbonyl (C=O) groups is 1. The van der Waals surface area contributed by atoms with Gasteiger partial charge in [-0.25, -0.2) is 4.98 Å². The van der Waals surface area contributed by atoms with Gasteiger partial charge in [0.05, 0.1) is 17.3 Å². The lowest BCUT2D eigenvalue weighted by atomic mass is 10.2. The summed E-state index contributed by atoms with van der Waals surface area (Å²) in [5.74, 6) is 1.19. The molecule has 0 fully saturated rings. The highest BCUT2D eigenvalue weighted by Crippen LogP contribution is 2.29. The lowest BCUT2D eigenvalue weighted by Crippen LogP contribution is -2.19. The fraction of sp³-hybridized carbons (Fsp3) is 0.176. The first kappa shape index (κ1) is 15.3. The van der Waals surface area contributed by atoms with Crippen molar-refractivity contribution in [3.8, 4) is 11.5 Å². The van der Waals surface area contributed by atoms with Crippen molar-refractivity contribution < 1.29 is 14.3 Å². The van der Waals surface area contributed by atoms with Crippen LogP contribution in [0.2, 0.25) is 0 Å². The normalized spacial score (nSPS) is 10.5. The first-order valence-electron chi connectivity index (χ1n) is 7.08. The maximum atomic E-state index is 12.0. The van der Waals surface area contributed by atoms with Gasteiger partial charge in [-0.15, -0.1) is 0 Å².